The average Bonchev–Trinajstić information content (AvgIpc) is 2.82. The Morgan fingerprint density at radius 3 is 2.59 bits per heavy atom. The minimum absolute atomic E-state index is 0.0692. The van der Waals surface area contributed by atoms with Crippen LogP contribution in [0.15, 0.2) is 30.3 Å². The standard InChI is InChI=1S/C16H20N4O2/c1-11-5-4-6-13(7-11)9-17-15(21)10-18-16(22)14-8-12(2)20(3)19-14/h4-8H,9-10H2,1-3H3,(H,17,21)(H,18,22). The van der Waals surface area contributed by atoms with Gasteiger partial charge in [0.15, 0.2) is 0 Å². The van der Waals surface area contributed by atoms with Gasteiger partial charge in [-0.3, -0.25) is 14.3 Å². The Balaban J connectivity index is 1.79. The van der Waals surface area contributed by atoms with Crippen LogP contribution in [0.5, 0.6) is 0 Å². The van der Waals surface area contributed by atoms with E-state index in [4.69, 9.17) is 0 Å². The molecule has 6 nitrogen and oxygen atoms in total. The lowest BCUT2D eigenvalue weighted by atomic mass is 10.1. The van der Waals surface area contributed by atoms with E-state index < -0.39 is 0 Å². The summed E-state index contributed by atoms with van der Waals surface area (Å²) in [6, 6.07) is 9.58. The molecular weight excluding hydrogens is 280 g/mol. The van der Waals surface area contributed by atoms with Gasteiger partial charge < -0.3 is 10.6 Å². The molecule has 0 fully saturated rings. The zero-order chi connectivity index (χ0) is 16.1. The molecule has 1 aromatic carbocycles. The highest BCUT2D eigenvalue weighted by Crippen LogP contribution is 2.03. The Morgan fingerprint density at radius 1 is 1.18 bits per heavy atom. The third kappa shape index (κ3) is 4.18. The molecule has 0 unspecified atom stereocenters. The lowest BCUT2D eigenvalue weighted by Crippen LogP contribution is -2.36. The van der Waals surface area contributed by atoms with Gasteiger partial charge in [0.25, 0.3) is 5.91 Å². The summed E-state index contributed by atoms with van der Waals surface area (Å²) in [5, 5.41) is 9.39. The number of aromatic nitrogens is 2. The molecule has 0 saturated carbocycles. The first-order valence-corrected chi connectivity index (χ1v) is 7.07. The van der Waals surface area contributed by atoms with Gasteiger partial charge in [0.05, 0.1) is 6.54 Å². The predicted molar refractivity (Wildman–Crippen MR) is 83.3 cm³/mol. The van der Waals surface area contributed by atoms with Gasteiger partial charge in [-0.2, -0.15) is 5.10 Å². The van der Waals surface area contributed by atoms with Crippen molar-refractivity contribution in [1.82, 2.24) is 20.4 Å². The van der Waals surface area contributed by atoms with E-state index in [9.17, 15) is 9.59 Å². The van der Waals surface area contributed by atoms with Crippen molar-refractivity contribution in [3.8, 4) is 0 Å². The molecule has 2 aromatic rings. The van der Waals surface area contributed by atoms with Gasteiger partial charge in [0, 0.05) is 19.3 Å². The van der Waals surface area contributed by atoms with Crippen molar-refractivity contribution in [2.45, 2.75) is 20.4 Å². The lowest BCUT2D eigenvalue weighted by molar-refractivity contribution is -0.120. The van der Waals surface area contributed by atoms with E-state index in [-0.39, 0.29) is 18.4 Å². The fourth-order valence-corrected chi connectivity index (χ4v) is 2.01. The number of hydrogen-bond acceptors (Lipinski definition) is 3. The van der Waals surface area contributed by atoms with Crippen LogP contribution in [-0.2, 0) is 18.4 Å². The van der Waals surface area contributed by atoms with E-state index in [0.29, 0.717) is 12.2 Å². The molecule has 22 heavy (non-hydrogen) atoms. The first-order valence-electron chi connectivity index (χ1n) is 7.07. The maximum Gasteiger partial charge on any atom is 0.272 e. The van der Waals surface area contributed by atoms with Crippen molar-refractivity contribution < 1.29 is 9.59 Å². The van der Waals surface area contributed by atoms with Gasteiger partial charge in [-0.15, -0.1) is 0 Å². The third-order valence-corrected chi connectivity index (χ3v) is 3.33. The van der Waals surface area contributed by atoms with Crippen LogP contribution in [-0.4, -0.2) is 28.1 Å². The highest BCUT2D eigenvalue weighted by atomic mass is 16.2. The van der Waals surface area contributed by atoms with Crippen LogP contribution in [0.1, 0.15) is 27.3 Å². The minimum Gasteiger partial charge on any atom is -0.350 e. The summed E-state index contributed by atoms with van der Waals surface area (Å²) in [6.07, 6.45) is 0. The molecule has 0 aliphatic rings. The molecule has 0 spiro atoms. The largest absolute Gasteiger partial charge is 0.350 e. The number of benzene rings is 1. The highest BCUT2D eigenvalue weighted by molar-refractivity contribution is 5.94. The van der Waals surface area contributed by atoms with Gasteiger partial charge in [0.2, 0.25) is 5.91 Å². The van der Waals surface area contributed by atoms with Crippen molar-refractivity contribution in [3.63, 3.8) is 0 Å². The molecule has 2 N–H and O–H groups in total. The van der Waals surface area contributed by atoms with E-state index in [1.165, 1.54) is 0 Å². The summed E-state index contributed by atoms with van der Waals surface area (Å²) in [7, 11) is 1.76. The van der Waals surface area contributed by atoms with Crippen LogP contribution >= 0.6 is 0 Å². The van der Waals surface area contributed by atoms with Crippen LogP contribution in [0.25, 0.3) is 0 Å². The Morgan fingerprint density at radius 2 is 1.95 bits per heavy atom. The number of hydrogen-bond donors (Lipinski definition) is 2. The van der Waals surface area contributed by atoms with E-state index in [2.05, 4.69) is 15.7 Å². The number of carbonyl (C=O) groups is 2. The fraction of sp³-hybridized carbons (Fsp3) is 0.312. The summed E-state index contributed by atoms with van der Waals surface area (Å²) < 4.78 is 1.62. The first kappa shape index (κ1) is 15.8. The second-order valence-corrected chi connectivity index (χ2v) is 5.24. The Hall–Kier alpha value is -2.63. The molecule has 2 amide bonds. The molecule has 0 bridgehead atoms. The zero-order valence-corrected chi connectivity index (χ0v) is 13.0. The number of carbonyl (C=O) groups excluding carboxylic acids is 2. The van der Waals surface area contributed by atoms with E-state index >= 15 is 0 Å². The average molecular weight is 300 g/mol. The monoisotopic (exact) mass is 300 g/mol. The molecule has 1 heterocycles. The molecule has 0 aliphatic carbocycles. The van der Waals surface area contributed by atoms with Crippen molar-refractivity contribution in [3.05, 3.63) is 52.8 Å². The number of nitrogens with one attached hydrogen (secondary N) is 2. The lowest BCUT2D eigenvalue weighted by Gasteiger charge is -2.07. The van der Waals surface area contributed by atoms with Crippen LogP contribution in [0, 0.1) is 13.8 Å². The zero-order valence-electron chi connectivity index (χ0n) is 13.0. The van der Waals surface area contributed by atoms with Gasteiger partial charge in [-0.25, -0.2) is 0 Å². The normalized spacial score (nSPS) is 10.3. The van der Waals surface area contributed by atoms with Crippen LogP contribution < -0.4 is 10.6 Å². The second kappa shape index (κ2) is 6.89. The van der Waals surface area contributed by atoms with Crippen LogP contribution in [0.4, 0.5) is 0 Å². The maximum absolute atomic E-state index is 11.9. The number of nitrogens with zero attached hydrogens (tertiary/aromatic N) is 2. The summed E-state index contributed by atoms with van der Waals surface area (Å²) in [5.74, 6) is -0.586. The minimum atomic E-state index is -0.352. The van der Waals surface area contributed by atoms with Crippen molar-refractivity contribution in [2.75, 3.05) is 6.54 Å². The Bertz CT molecular complexity index is 672. The molecule has 0 radical (unpaired) electrons. The first-order chi connectivity index (χ1) is 10.5. The fourth-order valence-electron chi connectivity index (χ4n) is 2.01. The molecule has 6 heteroatoms. The van der Waals surface area contributed by atoms with Gasteiger partial charge in [-0.05, 0) is 25.5 Å². The van der Waals surface area contributed by atoms with Crippen LogP contribution in [0.2, 0.25) is 0 Å². The Labute approximate surface area is 129 Å². The second-order valence-electron chi connectivity index (χ2n) is 5.24. The quantitative estimate of drug-likeness (QED) is 0.867. The smallest absolute Gasteiger partial charge is 0.272 e. The summed E-state index contributed by atoms with van der Waals surface area (Å²) >= 11 is 0. The third-order valence-electron chi connectivity index (χ3n) is 3.33. The summed E-state index contributed by atoms with van der Waals surface area (Å²) in [5.41, 5.74) is 3.37. The van der Waals surface area contributed by atoms with E-state index in [1.807, 2.05) is 38.1 Å². The predicted octanol–water partition coefficient (Wildman–Crippen LogP) is 1.08. The molecule has 2 rings (SSSR count). The molecule has 0 aliphatic heterocycles. The Kier molecular flexibility index (Phi) is 4.93. The number of rotatable bonds is 5. The maximum atomic E-state index is 11.9. The van der Waals surface area contributed by atoms with Crippen molar-refractivity contribution in [1.29, 1.82) is 0 Å². The van der Waals surface area contributed by atoms with Crippen molar-refractivity contribution in [2.24, 2.45) is 7.05 Å². The van der Waals surface area contributed by atoms with Gasteiger partial charge in [0.1, 0.15) is 5.69 Å². The van der Waals surface area contributed by atoms with Gasteiger partial charge >= 0.3 is 0 Å². The summed E-state index contributed by atoms with van der Waals surface area (Å²) in [4.78, 5) is 23.6. The van der Waals surface area contributed by atoms with Gasteiger partial charge in [-0.1, -0.05) is 29.8 Å². The summed E-state index contributed by atoms with van der Waals surface area (Å²) in [6.45, 7) is 4.23. The highest BCUT2D eigenvalue weighted by Gasteiger charge is 2.12. The SMILES string of the molecule is Cc1cccc(CNC(=O)CNC(=O)c2cc(C)n(C)n2)c1. The molecule has 0 saturated heterocycles. The van der Waals surface area contributed by atoms with E-state index in [0.717, 1.165) is 16.8 Å². The number of aryl methyl sites for hydroxylation is 3. The molecular formula is C16H20N4O2. The van der Waals surface area contributed by atoms with Crippen molar-refractivity contribution >= 4 is 11.8 Å². The number of amides is 2. The molecule has 116 valence electrons. The topological polar surface area (TPSA) is 76.0 Å². The van der Waals surface area contributed by atoms with E-state index in [1.54, 1.807) is 17.8 Å². The van der Waals surface area contributed by atoms with Crippen LogP contribution in [0.3, 0.4) is 0 Å². The molecule has 0 atom stereocenters. The molecule has 1 aromatic heterocycles.